The van der Waals surface area contributed by atoms with Gasteiger partial charge in [0.05, 0.1) is 18.2 Å². The monoisotopic (exact) mass is 242 g/mol. The third-order valence-corrected chi connectivity index (χ3v) is 3.51. The predicted octanol–water partition coefficient (Wildman–Crippen LogP) is 2.65. The van der Waals surface area contributed by atoms with Gasteiger partial charge in [0.15, 0.2) is 0 Å². The van der Waals surface area contributed by atoms with Gasteiger partial charge in [-0.1, -0.05) is 0 Å². The highest BCUT2D eigenvalue weighted by Gasteiger charge is 2.16. The Morgan fingerprint density at radius 3 is 2.72 bits per heavy atom. The molecule has 2 aromatic rings. The molecule has 3 rings (SSSR count). The van der Waals surface area contributed by atoms with E-state index in [-0.39, 0.29) is 0 Å². The predicted molar refractivity (Wildman–Crippen MR) is 74.5 cm³/mol. The van der Waals surface area contributed by atoms with Crippen LogP contribution in [0, 0.1) is 0 Å². The van der Waals surface area contributed by atoms with Gasteiger partial charge < -0.3 is 15.6 Å². The molecule has 0 unspecified atom stereocenters. The summed E-state index contributed by atoms with van der Waals surface area (Å²) in [4.78, 5) is 9.70. The minimum Gasteiger partial charge on any atom is -0.399 e. The third kappa shape index (κ3) is 2.06. The van der Waals surface area contributed by atoms with Crippen LogP contribution < -0.4 is 10.6 Å². The number of anilines is 2. The number of rotatable bonds is 2. The van der Waals surface area contributed by atoms with Gasteiger partial charge in [-0.15, -0.1) is 0 Å². The highest BCUT2D eigenvalue weighted by atomic mass is 15.1. The van der Waals surface area contributed by atoms with Crippen LogP contribution in [-0.4, -0.2) is 23.1 Å². The molecular weight excluding hydrogens is 224 g/mol. The van der Waals surface area contributed by atoms with Crippen molar-refractivity contribution < 1.29 is 0 Å². The molecule has 1 aromatic heterocycles. The second-order valence-corrected chi connectivity index (χ2v) is 4.79. The topological polar surface area (TPSA) is 57.9 Å². The first kappa shape index (κ1) is 11.1. The van der Waals surface area contributed by atoms with Crippen molar-refractivity contribution in [3.63, 3.8) is 0 Å². The Labute approximate surface area is 107 Å². The van der Waals surface area contributed by atoms with Gasteiger partial charge in [-0.05, 0) is 37.5 Å². The van der Waals surface area contributed by atoms with Gasteiger partial charge in [-0.2, -0.15) is 0 Å². The lowest BCUT2D eigenvalue weighted by Gasteiger charge is -2.30. The SMILES string of the molecule is Nc1ccc(-c2cnc[nH]2)c(N2CCCCC2)c1. The molecule has 1 aliphatic heterocycles. The Morgan fingerprint density at radius 1 is 1.17 bits per heavy atom. The number of imidazole rings is 1. The lowest BCUT2D eigenvalue weighted by Crippen LogP contribution is -2.29. The Balaban J connectivity index is 2.03. The molecule has 3 N–H and O–H groups in total. The molecule has 0 saturated carbocycles. The summed E-state index contributed by atoms with van der Waals surface area (Å²) in [6.07, 6.45) is 7.43. The fraction of sp³-hybridized carbons (Fsp3) is 0.357. The van der Waals surface area contributed by atoms with Crippen LogP contribution in [0.3, 0.4) is 0 Å². The van der Waals surface area contributed by atoms with Crippen LogP contribution in [0.25, 0.3) is 11.3 Å². The van der Waals surface area contributed by atoms with E-state index in [1.807, 2.05) is 12.3 Å². The summed E-state index contributed by atoms with van der Waals surface area (Å²) in [5.74, 6) is 0. The quantitative estimate of drug-likeness (QED) is 0.796. The fourth-order valence-corrected chi connectivity index (χ4v) is 2.58. The molecule has 4 nitrogen and oxygen atoms in total. The van der Waals surface area contributed by atoms with Crippen LogP contribution in [0.4, 0.5) is 11.4 Å². The summed E-state index contributed by atoms with van der Waals surface area (Å²) in [6, 6.07) is 6.10. The number of aromatic nitrogens is 2. The zero-order valence-corrected chi connectivity index (χ0v) is 10.4. The number of piperidine rings is 1. The zero-order chi connectivity index (χ0) is 12.4. The van der Waals surface area contributed by atoms with E-state index in [2.05, 4.69) is 27.0 Å². The summed E-state index contributed by atoms with van der Waals surface area (Å²) in [7, 11) is 0. The number of H-pyrrole nitrogens is 1. The molecule has 4 heteroatoms. The summed E-state index contributed by atoms with van der Waals surface area (Å²) in [6.45, 7) is 2.23. The van der Waals surface area contributed by atoms with Gasteiger partial charge in [0, 0.05) is 30.0 Å². The van der Waals surface area contributed by atoms with Crippen LogP contribution in [0.5, 0.6) is 0 Å². The summed E-state index contributed by atoms with van der Waals surface area (Å²) in [5, 5.41) is 0. The first-order chi connectivity index (χ1) is 8.84. The summed E-state index contributed by atoms with van der Waals surface area (Å²) in [5.41, 5.74) is 10.2. The number of hydrogen-bond donors (Lipinski definition) is 2. The van der Waals surface area contributed by atoms with Gasteiger partial charge in [0.25, 0.3) is 0 Å². The highest BCUT2D eigenvalue weighted by Crippen LogP contribution is 2.32. The molecule has 0 radical (unpaired) electrons. The Kier molecular flexibility index (Phi) is 2.92. The summed E-state index contributed by atoms with van der Waals surface area (Å²) < 4.78 is 0. The second-order valence-electron chi connectivity index (χ2n) is 4.79. The van der Waals surface area contributed by atoms with Crippen LogP contribution in [0.1, 0.15) is 19.3 Å². The maximum absolute atomic E-state index is 5.94. The van der Waals surface area contributed by atoms with E-state index in [1.165, 1.54) is 30.5 Å². The van der Waals surface area contributed by atoms with Gasteiger partial charge in [0.2, 0.25) is 0 Å². The van der Waals surface area contributed by atoms with Crippen molar-refractivity contribution in [1.82, 2.24) is 9.97 Å². The molecule has 1 aromatic carbocycles. The van der Waals surface area contributed by atoms with Gasteiger partial charge in [0.1, 0.15) is 0 Å². The van der Waals surface area contributed by atoms with Crippen molar-refractivity contribution in [2.24, 2.45) is 0 Å². The highest BCUT2D eigenvalue weighted by molar-refractivity contribution is 5.79. The number of hydrogen-bond acceptors (Lipinski definition) is 3. The Morgan fingerprint density at radius 2 is 2.00 bits per heavy atom. The van der Waals surface area contributed by atoms with Crippen LogP contribution >= 0.6 is 0 Å². The first-order valence-electron chi connectivity index (χ1n) is 6.48. The Bertz CT molecular complexity index is 513. The second kappa shape index (κ2) is 4.72. The smallest absolute Gasteiger partial charge is 0.0924 e. The fourth-order valence-electron chi connectivity index (χ4n) is 2.58. The standard InChI is InChI=1S/C14H18N4/c15-11-4-5-12(13-9-16-10-17-13)14(8-11)18-6-2-1-3-7-18/h4-5,8-10H,1-3,6-7,15H2,(H,16,17). The molecule has 1 aliphatic rings. The average Bonchev–Trinajstić information content (AvgIpc) is 2.93. The normalized spacial score (nSPS) is 15.9. The molecule has 0 bridgehead atoms. The van der Waals surface area contributed by atoms with Crippen LogP contribution in [0.15, 0.2) is 30.7 Å². The molecule has 18 heavy (non-hydrogen) atoms. The van der Waals surface area contributed by atoms with Crippen molar-refractivity contribution in [2.75, 3.05) is 23.7 Å². The number of nitrogens with one attached hydrogen (secondary N) is 1. The molecule has 0 amide bonds. The van der Waals surface area contributed by atoms with Crippen molar-refractivity contribution in [3.8, 4) is 11.3 Å². The summed E-state index contributed by atoms with van der Waals surface area (Å²) >= 11 is 0. The average molecular weight is 242 g/mol. The molecular formula is C14H18N4. The van der Waals surface area contributed by atoms with Gasteiger partial charge >= 0.3 is 0 Å². The third-order valence-electron chi connectivity index (χ3n) is 3.51. The molecule has 0 spiro atoms. The van der Waals surface area contributed by atoms with Crippen LogP contribution in [0.2, 0.25) is 0 Å². The maximum atomic E-state index is 5.94. The largest absolute Gasteiger partial charge is 0.399 e. The maximum Gasteiger partial charge on any atom is 0.0924 e. The van der Waals surface area contributed by atoms with Crippen molar-refractivity contribution in [3.05, 3.63) is 30.7 Å². The molecule has 1 saturated heterocycles. The van der Waals surface area contributed by atoms with Gasteiger partial charge in [-0.25, -0.2) is 4.98 Å². The molecule has 94 valence electrons. The van der Waals surface area contributed by atoms with E-state index >= 15 is 0 Å². The van der Waals surface area contributed by atoms with E-state index in [4.69, 9.17) is 5.73 Å². The molecule has 0 atom stereocenters. The van der Waals surface area contributed by atoms with Crippen molar-refractivity contribution in [2.45, 2.75) is 19.3 Å². The molecule has 0 aliphatic carbocycles. The van der Waals surface area contributed by atoms with E-state index in [1.54, 1.807) is 6.33 Å². The van der Waals surface area contributed by atoms with Gasteiger partial charge in [-0.3, -0.25) is 0 Å². The molecule has 2 heterocycles. The van der Waals surface area contributed by atoms with E-state index < -0.39 is 0 Å². The van der Waals surface area contributed by atoms with E-state index in [0.717, 1.165) is 24.5 Å². The van der Waals surface area contributed by atoms with E-state index in [9.17, 15) is 0 Å². The minimum absolute atomic E-state index is 0.818. The van der Waals surface area contributed by atoms with Crippen LogP contribution in [-0.2, 0) is 0 Å². The number of nitrogens with two attached hydrogens (primary N) is 1. The van der Waals surface area contributed by atoms with E-state index in [0.29, 0.717) is 0 Å². The van der Waals surface area contributed by atoms with Crippen molar-refractivity contribution in [1.29, 1.82) is 0 Å². The zero-order valence-electron chi connectivity index (χ0n) is 10.4. The number of benzene rings is 1. The number of aromatic amines is 1. The number of nitrogen functional groups attached to an aromatic ring is 1. The Hall–Kier alpha value is -1.97. The minimum atomic E-state index is 0.818. The first-order valence-corrected chi connectivity index (χ1v) is 6.48. The van der Waals surface area contributed by atoms with Crippen molar-refractivity contribution >= 4 is 11.4 Å². The number of nitrogens with zero attached hydrogens (tertiary/aromatic N) is 2. The lowest BCUT2D eigenvalue weighted by molar-refractivity contribution is 0.578. The molecule has 1 fully saturated rings. The lowest BCUT2D eigenvalue weighted by atomic mass is 10.0.